The third kappa shape index (κ3) is 3.65. The largest absolute Gasteiger partial charge is 0.392 e. The molecule has 0 unspecified atom stereocenters. The van der Waals surface area contributed by atoms with Crippen LogP contribution >= 0.6 is 0 Å². The Balaban J connectivity index is 1.97. The Hall–Kier alpha value is -1.66. The van der Waals surface area contributed by atoms with Crippen molar-refractivity contribution in [1.82, 2.24) is 9.88 Å². The number of aliphatic hydroxyl groups is 1. The molecule has 1 amide bonds. The molecule has 6 heteroatoms. The highest BCUT2D eigenvalue weighted by molar-refractivity contribution is 5.91. The molecule has 1 aromatic heterocycles. The number of pyridine rings is 1. The molecule has 1 aliphatic heterocycles. The highest BCUT2D eigenvalue weighted by Gasteiger charge is 2.18. The lowest BCUT2D eigenvalue weighted by molar-refractivity contribution is 0.0995. The van der Waals surface area contributed by atoms with Crippen LogP contribution in [0.4, 0.5) is 5.69 Å². The van der Waals surface area contributed by atoms with E-state index in [-0.39, 0.29) is 6.10 Å². The van der Waals surface area contributed by atoms with Crippen molar-refractivity contribution in [3.05, 3.63) is 24.0 Å². The van der Waals surface area contributed by atoms with E-state index in [9.17, 15) is 9.90 Å². The second-order valence-electron chi connectivity index (χ2n) is 4.90. The van der Waals surface area contributed by atoms with Gasteiger partial charge in [-0.2, -0.15) is 0 Å². The number of carbonyl (C=O) groups is 1. The predicted molar refractivity (Wildman–Crippen MR) is 73.1 cm³/mol. The minimum absolute atomic E-state index is 0.295. The summed E-state index contributed by atoms with van der Waals surface area (Å²) in [5.41, 5.74) is 6.50. The maximum absolute atomic E-state index is 11.1. The van der Waals surface area contributed by atoms with Crippen molar-refractivity contribution in [2.75, 3.05) is 37.6 Å². The van der Waals surface area contributed by atoms with Crippen molar-refractivity contribution in [1.29, 1.82) is 0 Å². The van der Waals surface area contributed by atoms with Gasteiger partial charge in [0.2, 0.25) is 0 Å². The lowest BCUT2D eigenvalue weighted by atomic mass is 10.2. The van der Waals surface area contributed by atoms with Gasteiger partial charge in [-0.05, 0) is 19.1 Å². The van der Waals surface area contributed by atoms with E-state index in [4.69, 9.17) is 5.73 Å². The van der Waals surface area contributed by atoms with Gasteiger partial charge < -0.3 is 15.7 Å². The molecule has 2 heterocycles. The molecule has 1 atom stereocenters. The van der Waals surface area contributed by atoms with Gasteiger partial charge in [0, 0.05) is 44.6 Å². The predicted octanol–water partition coefficient (Wildman–Crippen LogP) is -0.317. The van der Waals surface area contributed by atoms with Crippen LogP contribution in [0, 0.1) is 0 Å². The van der Waals surface area contributed by atoms with Crippen LogP contribution in [-0.2, 0) is 0 Å². The molecule has 1 aliphatic rings. The van der Waals surface area contributed by atoms with E-state index in [1.165, 1.54) is 0 Å². The molecule has 1 saturated heterocycles. The summed E-state index contributed by atoms with van der Waals surface area (Å²) in [5.74, 6) is -0.505. The topological polar surface area (TPSA) is 82.7 Å². The van der Waals surface area contributed by atoms with E-state index in [0.717, 1.165) is 31.9 Å². The minimum atomic E-state index is -0.505. The van der Waals surface area contributed by atoms with Crippen LogP contribution in [0.2, 0.25) is 0 Å². The molecule has 3 N–H and O–H groups in total. The minimum Gasteiger partial charge on any atom is -0.392 e. The van der Waals surface area contributed by atoms with Crippen molar-refractivity contribution in [2.24, 2.45) is 5.73 Å². The zero-order valence-corrected chi connectivity index (χ0v) is 11.1. The van der Waals surface area contributed by atoms with Crippen LogP contribution < -0.4 is 10.6 Å². The molecule has 0 bridgehead atoms. The van der Waals surface area contributed by atoms with E-state index >= 15 is 0 Å². The number of nitrogens with zero attached hydrogens (tertiary/aromatic N) is 3. The molecule has 1 fully saturated rings. The summed E-state index contributed by atoms with van der Waals surface area (Å²) in [7, 11) is 0. The molecule has 104 valence electrons. The third-order valence-corrected chi connectivity index (χ3v) is 3.26. The van der Waals surface area contributed by atoms with Crippen LogP contribution in [0.5, 0.6) is 0 Å². The molecular formula is C13H20N4O2. The molecule has 19 heavy (non-hydrogen) atoms. The van der Waals surface area contributed by atoms with Crippen molar-refractivity contribution in [3.63, 3.8) is 0 Å². The number of aliphatic hydroxyl groups excluding tert-OH is 1. The van der Waals surface area contributed by atoms with Gasteiger partial charge in [0.15, 0.2) is 0 Å². The molecule has 6 nitrogen and oxygen atoms in total. The standard InChI is InChI=1S/C13H20N4O2/c1-10(18)9-16-4-6-17(7-5-16)11-2-3-15-12(8-11)13(14)19/h2-3,8,10,18H,4-7,9H2,1H3,(H2,14,19)/t10-/m1/s1. The Labute approximate surface area is 112 Å². The van der Waals surface area contributed by atoms with Crippen molar-refractivity contribution in [2.45, 2.75) is 13.0 Å². The first-order valence-electron chi connectivity index (χ1n) is 6.47. The second kappa shape index (κ2) is 5.99. The normalized spacial score (nSPS) is 18.3. The maximum atomic E-state index is 11.1. The number of piperazine rings is 1. The fraction of sp³-hybridized carbons (Fsp3) is 0.538. The lowest BCUT2D eigenvalue weighted by Gasteiger charge is -2.36. The maximum Gasteiger partial charge on any atom is 0.267 e. The van der Waals surface area contributed by atoms with E-state index < -0.39 is 5.91 Å². The smallest absolute Gasteiger partial charge is 0.267 e. The third-order valence-electron chi connectivity index (χ3n) is 3.26. The number of nitrogens with two attached hydrogens (primary N) is 1. The van der Waals surface area contributed by atoms with E-state index in [1.807, 2.05) is 6.07 Å². The first kappa shape index (κ1) is 13.8. The molecule has 0 spiro atoms. The Morgan fingerprint density at radius 3 is 2.74 bits per heavy atom. The summed E-state index contributed by atoms with van der Waals surface area (Å²) < 4.78 is 0. The SMILES string of the molecule is C[C@@H](O)CN1CCN(c2ccnc(C(N)=O)c2)CC1. The van der Waals surface area contributed by atoms with Gasteiger partial charge in [-0.1, -0.05) is 0 Å². The number of hydrogen-bond acceptors (Lipinski definition) is 5. The number of hydrogen-bond donors (Lipinski definition) is 2. The quantitative estimate of drug-likeness (QED) is 0.779. The highest BCUT2D eigenvalue weighted by atomic mass is 16.3. The van der Waals surface area contributed by atoms with Crippen LogP contribution in [0.15, 0.2) is 18.3 Å². The van der Waals surface area contributed by atoms with Crippen molar-refractivity contribution in [3.8, 4) is 0 Å². The highest BCUT2D eigenvalue weighted by Crippen LogP contribution is 2.16. The first-order chi connectivity index (χ1) is 9.06. The molecule has 0 radical (unpaired) electrons. The van der Waals surface area contributed by atoms with Crippen LogP contribution in [0.3, 0.4) is 0 Å². The van der Waals surface area contributed by atoms with Crippen LogP contribution in [-0.4, -0.2) is 59.7 Å². The van der Waals surface area contributed by atoms with Crippen LogP contribution in [0.25, 0.3) is 0 Å². The Morgan fingerprint density at radius 1 is 1.47 bits per heavy atom. The van der Waals surface area contributed by atoms with Gasteiger partial charge in [-0.25, -0.2) is 0 Å². The molecule has 2 rings (SSSR count). The fourth-order valence-corrected chi connectivity index (χ4v) is 2.31. The van der Waals surface area contributed by atoms with Gasteiger partial charge in [0.25, 0.3) is 5.91 Å². The first-order valence-corrected chi connectivity index (χ1v) is 6.47. The molecule has 0 aliphatic carbocycles. The average molecular weight is 264 g/mol. The monoisotopic (exact) mass is 264 g/mol. The summed E-state index contributed by atoms with van der Waals surface area (Å²) in [5, 5.41) is 9.37. The number of anilines is 1. The summed E-state index contributed by atoms with van der Waals surface area (Å²) in [6.07, 6.45) is 1.31. The Bertz CT molecular complexity index is 442. The summed E-state index contributed by atoms with van der Waals surface area (Å²) in [6.45, 7) is 6.05. The van der Waals surface area contributed by atoms with Gasteiger partial charge in [-0.15, -0.1) is 0 Å². The zero-order valence-electron chi connectivity index (χ0n) is 11.1. The second-order valence-corrected chi connectivity index (χ2v) is 4.90. The summed E-state index contributed by atoms with van der Waals surface area (Å²) >= 11 is 0. The van der Waals surface area contributed by atoms with Gasteiger partial charge in [0.1, 0.15) is 5.69 Å². The summed E-state index contributed by atoms with van der Waals surface area (Å²) in [4.78, 5) is 19.5. The number of primary amides is 1. The number of β-amino-alcohol motifs (C(OH)–C–C–N with tert-alkyl or cyclic N) is 1. The van der Waals surface area contributed by atoms with Crippen molar-refractivity contribution < 1.29 is 9.90 Å². The lowest BCUT2D eigenvalue weighted by Crippen LogP contribution is -2.48. The number of amides is 1. The molecule has 1 aromatic rings. The Morgan fingerprint density at radius 2 is 2.16 bits per heavy atom. The zero-order chi connectivity index (χ0) is 13.8. The fourth-order valence-electron chi connectivity index (χ4n) is 2.31. The number of aromatic nitrogens is 1. The van der Waals surface area contributed by atoms with Gasteiger partial charge in [0.05, 0.1) is 6.10 Å². The molecular weight excluding hydrogens is 244 g/mol. The number of rotatable bonds is 4. The summed E-state index contributed by atoms with van der Waals surface area (Å²) in [6, 6.07) is 3.61. The van der Waals surface area contributed by atoms with Crippen molar-refractivity contribution >= 4 is 11.6 Å². The van der Waals surface area contributed by atoms with Gasteiger partial charge >= 0.3 is 0 Å². The average Bonchev–Trinajstić information content (AvgIpc) is 2.39. The van der Waals surface area contributed by atoms with Gasteiger partial charge in [-0.3, -0.25) is 14.7 Å². The molecule has 0 saturated carbocycles. The number of carbonyl (C=O) groups excluding carboxylic acids is 1. The van der Waals surface area contributed by atoms with E-state index in [2.05, 4.69) is 14.8 Å². The molecule has 0 aromatic carbocycles. The van der Waals surface area contributed by atoms with Crippen LogP contribution in [0.1, 0.15) is 17.4 Å². The van der Waals surface area contributed by atoms with E-state index in [1.54, 1.807) is 19.2 Å². The van der Waals surface area contributed by atoms with E-state index in [0.29, 0.717) is 12.2 Å². The Kier molecular flexibility index (Phi) is 4.34.